The zero-order chi connectivity index (χ0) is 13.7. The summed E-state index contributed by atoms with van der Waals surface area (Å²) in [6.07, 6.45) is 7.57. The van der Waals surface area contributed by atoms with Gasteiger partial charge in [-0.15, -0.1) is 0 Å². The van der Waals surface area contributed by atoms with Crippen molar-refractivity contribution in [1.82, 2.24) is 15.4 Å². The topological polar surface area (TPSA) is 58.4 Å². The Morgan fingerprint density at radius 2 is 2.35 bits per heavy atom. The van der Waals surface area contributed by atoms with E-state index in [0.29, 0.717) is 23.9 Å². The van der Waals surface area contributed by atoms with Crippen LogP contribution in [0.1, 0.15) is 49.6 Å². The number of carbonyl (C=O) groups excluding carboxylic acids is 1. The second-order valence-electron chi connectivity index (χ2n) is 6.76. The van der Waals surface area contributed by atoms with Gasteiger partial charge in [-0.05, 0) is 19.3 Å². The van der Waals surface area contributed by atoms with Crippen molar-refractivity contribution < 1.29 is 9.32 Å². The fraction of sp³-hybridized carbons (Fsp3) is 0.733. The summed E-state index contributed by atoms with van der Waals surface area (Å²) in [5.74, 6) is 0.378. The molecule has 1 amide bonds. The lowest BCUT2D eigenvalue weighted by Crippen LogP contribution is -2.55. The van der Waals surface area contributed by atoms with Crippen molar-refractivity contribution in [3.63, 3.8) is 0 Å². The van der Waals surface area contributed by atoms with Gasteiger partial charge >= 0.3 is 0 Å². The van der Waals surface area contributed by atoms with Crippen molar-refractivity contribution in [3.05, 3.63) is 18.0 Å². The summed E-state index contributed by atoms with van der Waals surface area (Å²) < 4.78 is 5.08. The van der Waals surface area contributed by atoms with Crippen LogP contribution in [0, 0.1) is 5.41 Å². The Hall–Kier alpha value is -1.36. The fourth-order valence-corrected chi connectivity index (χ4v) is 4.69. The highest BCUT2D eigenvalue weighted by Crippen LogP contribution is 2.49. The molecule has 1 aromatic heterocycles. The smallest absolute Gasteiger partial charge is 0.292 e. The molecule has 1 aromatic rings. The molecule has 108 valence electrons. The Morgan fingerprint density at radius 1 is 1.50 bits per heavy atom. The average molecular weight is 275 g/mol. The summed E-state index contributed by atoms with van der Waals surface area (Å²) >= 11 is 0. The van der Waals surface area contributed by atoms with Crippen molar-refractivity contribution >= 4 is 5.91 Å². The number of piperidine rings is 1. The number of nitrogens with zero attached hydrogens (tertiary/aromatic N) is 2. The van der Waals surface area contributed by atoms with Crippen LogP contribution in [0.3, 0.4) is 0 Å². The van der Waals surface area contributed by atoms with Gasteiger partial charge < -0.3 is 14.7 Å². The van der Waals surface area contributed by atoms with E-state index in [1.165, 1.54) is 25.7 Å². The highest BCUT2D eigenvalue weighted by molar-refractivity contribution is 5.91. The second-order valence-corrected chi connectivity index (χ2v) is 6.76. The quantitative estimate of drug-likeness (QED) is 0.849. The van der Waals surface area contributed by atoms with E-state index in [-0.39, 0.29) is 11.3 Å². The Bertz CT molecular complexity index is 515. The number of likely N-dealkylation sites (tertiary alicyclic amines) is 1. The normalized spacial score (nSPS) is 39.6. The number of rotatable bonds is 1. The number of hydrogen-bond donors (Lipinski definition) is 1. The summed E-state index contributed by atoms with van der Waals surface area (Å²) in [7, 11) is 0. The molecule has 20 heavy (non-hydrogen) atoms. The second kappa shape index (κ2) is 4.32. The van der Waals surface area contributed by atoms with E-state index in [2.05, 4.69) is 17.4 Å². The Morgan fingerprint density at radius 3 is 3.15 bits per heavy atom. The van der Waals surface area contributed by atoms with Gasteiger partial charge in [0.1, 0.15) is 0 Å². The number of carbonyl (C=O) groups is 1. The molecule has 4 rings (SSSR count). The van der Waals surface area contributed by atoms with Gasteiger partial charge in [0.05, 0.1) is 6.20 Å². The van der Waals surface area contributed by atoms with Crippen LogP contribution in [0.2, 0.25) is 0 Å². The van der Waals surface area contributed by atoms with Crippen molar-refractivity contribution in [2.75, 3.05) is 6.54 Å². The first-order chi connectivity index (χ1) is 9.68. The molecule has 5 heteroatoms. The maximum Gasteiger partial charge on any atom is 0.292 e. The van der Waals surface area contributed by atoms with Crippen LogP contribution in [-0.4, -0.2) is 40.6 Å². The maximum atomic E-state index is 12.7. The van der Waals surface area contributed by atoms with Crippen molar-refractivity contribution in [1.29, 1.82) is 0 Å². The molecule has 0 spiro atoms. The first-order valence-electron chi connectivity index (χ1n) is 7.66. The van der Waals surface area contributed by atoms with Crippen molar-refractivity contribution in [3.8, 4) is 0 Å². The van der Waals surface area contributed by atoms with E-state index < -0.39 is 0 Å². The minimum absolute atomic E-state index is 0.00720. The SMILES string of the molecule is C[C@@]12C[C@H]3CN(C(=O)c4ccno4)[C@@H]1CCCC[C@@H]2N3. The predicted molar refractivity (Wildman–Crippen MR) is 73.2 cm³/mol. The zero-order valence-electron chi connectivity index (χ0n) is 11.8. The van der Waals surface area contributed by atoms with E-state index in [0.717, 1.165) is 13.0 Å². The Labute approximate surface area is 118 Å². The van der Waals surface area contributed by atoms with Gasteiger partial charge in [0, 0.05) is 36.2 Å². The summed E-state index contributed by atoms with van der Waals surface area (Å²) in [6.45, 7) is 3.16. The minimum Gasteiger partial charge on any atom is -0.351 e. The number of amides is 1. The highest BCUT2D eigenvalue weighted by atomic mass is 16.5. The Balaban J connectivity index is 1.69. The first-order valence-corrected chi connectivity index (χ1v) is 7.66. The van der Waals surface area contributed by atoms with Gasteiger partial charge in [-0.25, -0.2) is 0 Å². The van der Waals surface area contributed by atoms with Crippen LogP contribution < -0.4 is 5.32 Å². The molecule has 1 aliphatic carbocycles. The van der Waals surface area contributed by atoms with Gasteiger partial charge in [0.2, 0.25) is 5.76 Å². The van der Waals surface area contributed by atoms with E-state index in [4.69, 9.17) is 4.52 Å². The van der Waals surface area contributed by atoms with Crippen LogP contribution in [-0.2, 0) is 0 Å². The Kier molecular flexibility index (Phi) is 2.67. The molecule has 1 N–H and O–H groups in total. The molecular formula is C15H21N3O2. The third kappa shape index (κ3) is 1.65. The third-order valence-electron chi connectivity index (χ3n) is 5.60. The molecule has 0 radical (unpaired) electrons. The lowest BCUT2D eigenvalue weighted by atomic mass is 9.71. The first kappa shape index (κ1) is 12.4. The van der Waals surface area contributed by atoms with Gasteiger partial charge in [0.15, 0.2) is 0 Å². The van der Waals surface area contributed by atoms with Crippen LogP contribution >= 0.6 is 0 Å². The third-order valence-corrected chi connectivity index (χ3v) is 5.60. The average Bonchev–Trinajstić information content (AvgIpc) is 3.01. The number of nitrogens with one attached hydrogen (secondary N) is 1. The lowest BCUT2D eigenvalue weighted by Gasteiger charge is -2.46. The van der Waals surface area contributed by atoms with Gasteiger partial charge in [-0.3, -0.25) is 4.79 Å². The maximum absolute atomic E-state index is 12.7. The molecule has 3 heterocycles. The molecule has 3 aliphatic rings. The molecule has 2 aliphatic heterocycles. The van der Waals surface area contributed by atoms with Crippen molar-refractivity contribution in [2.45, 2.75) is 57.2 Å². The fourth-order valence-electron chi connectivity index (χ4n) is 4.69. The predicted octanol–water partition coefficient (Wildman–Crippen LogP) is 1.81. The van der Waals surface area contributed by atoms with E-state index in [1.54, 1.807) is 12.3 Å². The molecular weight excluding hydrogens is 254 g/mol. The molecule has 1 saturated carbocycles. The summed E-state index contributed by atoms with van der Waals surface area (Å²) in [5.41, 5.74) is 0.217. The van der Waals surface area contributed by atoms with E-state index in [9.17, 15) is 4.79 Å². The molecule has 0 aromatic carbocycles. The highest BCUT2D eigenvalue weighted by Gasteiger charge is 2.56. The lowest BCUT2D eigenvalue weighted by molar-refractivity contribution is 0.0252. The largest absolute Gasteiger partial charge is 0.351 e. The summed E-state index contributed by atoms with van der Waals surface area (Å²) in [5, 5.41) is 7.42. The van der Waals surface area contributed by atoms with Crippen LogP contribution in [0.5, 0.6) is 0 Å². The number of fused-ring (bicyclic) bond motifs is 1. The standard InChI is InChI=1S/C15H21N3O2/c1-15-8-10-9-18(14(19)11-6-7-16-20-11)13(15)5-3-2-4-12(15)17-10/h6-7,10,12-13,17H,2-5,8-9H2,1H3/t10-,12-,13+,15-/m0/s1. The van der Waals surface area contributed by atoms with Gasteiger partial charge in [-0.1, -0.05) is 24.9 Å². The van der Waals surface area contributed by atoms with E-state index >= 15 is 0 Å². The van der Waals surface area contributed by atoms with Gasteiger partial charge in [0.25, 0.3) is 5.91 Å². The monoisotopic (exact) mass is 275 g/mol. The number of hydrogen-bond acceptors (Lipinski definition) is 4. The van der Waals surface area contributed by atoms with Gasteiger partial charge in [-0.2, -0.15) is 0 Å². The van der Waals surface area contributed by atoms with Crippen LogP contribution in [0.4, 0.5) is 0 Å². The number of aromatic nitrogens is 1. The summed E-state index contributed by atoms with van der Waals surface area (Å²) in [6, 6.07) is 3.00. The minimum atomic E-state index is 0.00720. The van der Waals surface area contributed by atoms with Crippen LogP contribution in [0.25, 0.3) is 0 Å². The molecule has 0 unspecified atom stereocenters. The van der Waals surface area contributed by atoms with Crippen LogP contribution in [0.15, 0.2) is 16.8 Å². The molecule has 2 bridgehead atoms. The summed E-state index contributed by atoms with van der Waals surface area (Å²) in [4.78, 5) is 14.7. The van der Waals surface area contributed by atoms with E-state index in [1.807, 2.05) is 4.90 Å². The van der Waals surface area contributed by atoms with Crippen molar-refractivity contribution in [2.24, 2.45) is 5.41 Å². The molecule has 5 nitrogen and oxygen atoms in total. The molecule has 2 saturated heterocycles. The molecule has 3 fully saturated rings. The zero-order valence-corrected chi connectivity index (χ0v) is 11.8. The molecule has 4 atom stereocenters.